The van der Waals surface area contributed by atoms with E-state index in [0.717, 1.165) is 11.0 Å². The summed E-state index contributed by atoms with van der Waals surface area (Å²) in [5, 5.41) is 2.15. The van der Waals surface area contributed by atoms with Crippen molar-refractivity contribution in [1.82, 2.24) is 14.9 Å². The van der Waals surface area contributed by atoms with Gasteiger partial charge >= 0.3 is 6.03 Å². The van der Waals surface area contributed by atoms with Crippen LogP contribution in [0.2, 0.25) is 0 Å². The Labute approximate surface area is 229 Å². The molecule has 39 heavy (non-hydrogen) atoms. The molecule has 2 N–H and O–H groups in total. The van der Waals surface area contributed by atoms with Crippen molar-refractivity contribution in [1.29, 1.82) is 0 Å². The molecule has 0 saturated carbocycles. The predicted molar refractivity (Wildman–Crippen MR) is 137 cm³/mol. The van der Waals surface area contributed by atoms with Crippen molar-refractivity contribution in [2.24, 2.45) is 5.92 Å². The second kappa shape index (κ2) is 12.5. The van der Waals surface area contributed by atoms with E-state index in [1.165, 1.54) is 12.1 Å². The summed E-state index contributed by atoms with van der Waals surface area (Å²) in [6.07, 6.45) is -1.47. The van der Waals surface area contributed by atoms with E-state index in [9.17, 15) is 18.9 Å². The molecule has 3 fully saturated rings. The zero-order valence-electron chi connectivity index (χ0n) is 22.2. The Morgan fingerprint density at radius 2 is 1.87 bits per heavy atom. The fourth-order valence-electron chi connectivity index (χ4n) is 4.75. The molecular formula is C26H35F2N3O7S. The number of nitrogens with one attached hydrogen (secondary N) is 2. The van der Waals surface area contributed by atoms with Gasteiger partial charge in [0.1, 0.15) is 40.5 Å². The number of alkyl halides is 1. The monoisotopic (exact) mass is 571 g/mol. The van der Waals surface area contributed by atoms with Crippen LogP contribution in [0.4, 0.5) is 13.6 Å². The van der Waals surface area contributed by atoms with Gasteiger partial charge in [0, 0.05) is 49.0 Å². The van der Waals surface area contributed by atoms with Crippen LogP contribution in [-0.2, 0) is 30.4 Å². The Kier molecular flexibility index (Phi) is 9.48. The number of benzene rings is 1. The van der Waals surface area contributed by atoms with Crippen LogP contribution in [0, 0.1) is 11.7 Å². The summed E-state index contributed by atoms with van der Waals surface area (Å²) >= 11 is -1.83. The number of carbonyl (C=O) groups excluding carboxylic acids is 3. The number of hydrogen-bond donors (Lipinski definition) is 2. The zero-order chi connectivity index (χ0) is 28.3. The molecule has 0 bridgehead atoms. The van der Waals surface area contributed by atoms with E-state index in [-0.39, 0.29) is 17.4 Å². The molecule has 0 spiro atoms. The lowest BCUT2D eigenvalue weighted by molar-refractivity contribution is -0.146. The van der Waals surface area contributed by atoms with Crippen molar-refractivity contribution in [2.75, 3.05) is 26.4 Å². The first kappa shape index (κ1) is 29.7. The van der Waals surface area contributed by atoms with Gasteiger partial charge in [-0.1, -0.05) is 0 Å². The highest BCUT2D eigenvalue weighted by atomic mass is 32.2. The Bertz CT molecular complexity index is 1060. The summed E-state index contributed by atoms with van der Waals surface area (Å²) in [6.45, 7) is 6.62. The molecule has 0 aliphatic carbocycles. The molecule has 5 atom stereocenters. The molecule has 216 valence electrons. The normalized spacial score (nSPS) is 25.4. The molecule has 4 rings (SSSR count). The van der Waals surface area contributed by atoms with E-state index in [1.807, 2.05) is 0 Å². The lowest BCUT2D eigenvalue weighted by Crippen LogP contribution is -2.62. The standard InChI is InChI=1S/C26H35F2N3O7S/c1-26(2,3)39(35)30-22(18-12-16(4-5-20(18)27)38-17-8-11-37-14-17)21(28)13-19-23(32)29-25(34)31(24(19)33)15-6-9-36-10-7-15/h4-5,12,15,17,19,21-22,30H,6-11,13-14H2,1-3H3,(H,29,32,34)/t17-,19?,21?,22?,39?/m1/s1. The van der Waals surface area contributed by atoms with Gasteiger partial charge in [0.15, 0.2) is 0 Å². The number of hydrogen-bond acceptors (Lipinski definition) is 8. The van der Waals surface area contributed by atoms with Gasteiger partial charge in [-0.3, -0.25) is 19.8 Å². The Morgan fingerprint density at radius 1 is 1.18 bits per heavy atom. The minimum absolute atomic E-state index is 0.155. The van der Waals surface area contributed by atoms with Crippen LogP contribution in [0.1, 0.15) is 58.1 Å². The van der Waals surface area contributed by atoms with Gasteiger partial charge in [0.05, 0.1) is 13.2 Å². The summed E-state index contributed by atoms with van der Waals surface area (Å²) in [7, 11) is 0. The number of imide groups is 2. The van der Waals surface area contributed by atoms with Crippen molar-refractivity contribution < 1.29 is 41.9 Å². The van der Waals surface area contributed by atoms with Gasteiger partial charge < -0.3 is 18.8 Å². The van der Waals surface area contributed by atoms with Crippen LogP contribution < -0.4 is 14.8 Å². The zero-order valence-corrected chi connectivity index (χ0v) is 23.1. The first-order valence-corrected chi connectivity index (χ1v) is 14.2. The summed E-state index contributed by atoms with van der Waals surface area (Å²) in [5.74, 6) is -3.75. The van der Waals surface area contributed by atoms with E-state index in [2.05, 4.69) is 10.0 Å². The first-order valence-electron chi connectivity index (χ1n) is 13.1. The molecule has 3 saturated heterocycles. The van der Waals surface area contributed by atoms with Crippen LogP contribution in [0.3, 0.4) is 0 Å². The minimum atomic E-state index is -2.03. The number of amides is 4. The highest BCUT2D eigenvalue weighted by molar-refractivity contribution is 7.90. The van der Waals surface area contributed by atoms with Gasteiger partial charge in [-0.2, -0.15) is 0 Å². The van der Waals surface area contributed by atoms with Crippen molar-refractivity contribution in [2.45, 2.75) is 75.6 Å². The maximum atomic E-state index is 16.1. The van der Waals surface area contributed by atoms with Gasteiger partial charge in [-0.05, 0) is 51.8 Å². The van der Waals surface area contributed by atoms with E-state index >= 15 is 8.78 Å². The molecule has 1 aromatic rings. The smallest absolute Gasteiger partial charge is 0.331 e. The molecule has 0 radical (unpaired) electrons. The molecular weight excluding hydrogens is 536 g/mol. The van der Waals surface area contributed by atoms with Crippen LogP contribution in [0.15, 0.2) is 18.2 Å². The first-order chi connectivity index (χ1) is 18.5. The SMILES string of the molecule is CC(C)(C)[S+]([O-])NC(c1cc(O[C@@H]2CCOC2)ccc1F)C(F)CC1C(=O)NC(=O)N(C2CCOCC2)C1=O. The molecule has 0 aromatic heterocycles. The second-order valence-corrected chi connectivity index (χ2v) is 12.9. The number of halogens is 2. The third kappa shape index (κ3) is 7.07. The molecule has 4 unspecified atom stereocenters. The second-order valence-electron chi connectivity index (χ2n) is 10.9. The average Bonchev–Trinajstić information content (AvgIpc) is 3.39. The summed E-state index contributed by atoms with van der Waals surface area (Å²) in [4.78, 5) is 39.4. The molecule has 4 amide bonds. The topological polar surface area (TPSA) is 129 Å². The van der Waals surface area contributed by atoms with Gasteiger partial charge in [0.2, 0.25) is 11.8 Å². The minimum Gasteiger partial charge on any atom is -0.598 e. The fraction of sp³-hybridized carbons (Fsp3) is 0.654. The van der Waals surface area contributed by atoms with Crippen LogP contribution >= 0.6 is 0 Å². The lowest BCUT2D eigenvalue weighted by atomic mass is 9.90. The highest BCUT2D eigenvalue weighted by Gasteiger charge is 2.46. The molecule has 10 nitrogen and oxygen atoms in total. The fourth-order valence-corrected chi connectivity index (χ4v) is 5.61. The van der Waals surface area contributed by atoms with Crippen molar-refractivity contribution >= 4 is 29.2 Å². The van der Waals surface area contributed by atoms with Crippen molar-refractivity contribution in [3.05, 3.63) is 29.6 Å². The van der Waals surface area contributed by atoms with Crippen LogP contribution in [-0.4, -0.2) is 76.8 Å². The molecule has 13 heteroatoms. The van der Waals surface area contributed by atoms with Crippen molar-refractivity contribution in [3.8, 4) is 5.75 Å². The maximum Gasteiger partial charge on any atom is 0.331 e. The number of rotatable bonds is 9. The van der Waals surface area contributed by atoms with Gasteiger partial charge in [-0.25, -0.2) is 13.6 Å². The highest BCUT2D eigenvalue weighted by Crippen LogP contribution is 2.34. The summed E-state index contributed by atoms with van der Waals surface area (Å²) in [6, 6.07) is 1.07. The van der Waals surface area contributed by atoms with Crippen LogP contribution in [0.5, 0.6) is 5.75 Å². The van der Waals surface area contributed by atoms with Crippen LogP contribution in [0.25, 0.3) is 0 Å². The summed E-state index contributed by atoms with van der Waals surface area (Å²) in [5.41, 5.74) is -0.155. The number of barbiturate groups is 1. The Hall–Kier alpha value is -2.32. The number of carbonyl (C=O) groups is 3. The quantitative estimate of drug-likeness (QED) is 0.342. The summed E-state index contributed by atoms with van der Waals surface area (Å²) < 4.78 is 62.6. The molecule has 3 aliphatic heterocycles. The maximum absolute atomic E-state index is 16.1. The van der Waals surface area contributed by atoms with Crippen molar-refractivity contribution in [3.63, 3.8) is 0 Å². The largest absolute Gasteiger partial charge is 0.598 e. The number of nitrogens with zero attached hydrogens (tertiary/aromatic N) is 1. The molecule has 3 heterocycles. The van der Waals surface area contributed by atoms with E-state index in [1.54, 1.807) is 20.8 Å². The third-order valence-electron chi connectivity index (χ3n) is 6.96. The average molecular weight is 572 g/mol. The molecule has 3 aliphatic rings. The number of urea groups is 1. The Balaban J connectivity index is 1.59. The van der Waals surface area contributed by atoms with Gasteiger partial charge in [-0.15, -0.1) is 4.72 Å². The number of ether oxygens (including phenoxy) is 3. The third-order valence-corrected chi connectivity index (χ3v) is 8.54. The van der Waals surface area contributed by atoms with E-state index < -0.39 is 70.4 Å². The predicted octanol–water partition coefficient (Wildman–Crippen LogP) is 2.69. The van der Waals surface area contributed by atoms with E-state index in [0.29, 0.717) is 45.7 Å². The molecule has 1 aromatic carbocycles. The van der Waals surface area contributed by atoms with E-state index in [4.69, 9.17) is 14.2 Å². The van der Waals surface area contributed by atoms with Gasteiger partial charge in [0.25, 0.3) is 0 Å². The Morgan fingerprint density at radius 3 is 2.51 bits per heavy atom. The lowest BCUT2D eigenvalue weighted by Gasteiger charge is -2.38.